The van der Waals surface area contributed by atoms with Crippen LogP contribution in [0.2, 0.25) is 51.4 Å². The van der Waals surface area contributed by atoms with Gasteiger partial charge in [0.15, 0.2) is 16.6 Å². The van der Waals surface area contributed by atoms with Crippen LogP contribution in [0.3, 0.4) is 0 Å². The summed E-state index contributed by atoms with van der Waals surface area (Å²) in [5, 5.41) is 0. The number of carbonyl (C=O) groups excluding carboxylic acids is 2. The molecule has 0 N–H and O–H groups in total. The van der Waals surface area contributed by atoms with Gasteiger partial charge in [-0.05, 0) is 64.2 Å². The molecule has 0 spiro atoms. The number of ether oxygens (including phenoxy) is 4. The van der Waals surface area contributed by atoms with Gasteiger partial charge < -0.3 is 27.2 Å². The van der Waals surface area contributed by atoms with Gasteiger partial charge in [0.25, 0.3) is 0 Å². The van der Waals surface area contributed by atoms with E-state index >= 15 is 0 Å². The van der Waals surface area contributed by atoms with Crippen LogP contribution in [0.15, 0.2) is 25.7 Å². The van der Waals surface area contributed by atoms with Crippen LogP contribution in [-0.2, 0) is 27.2 Å². The number of rotatable bonds is 16. The second-order valence-corrected chi connectivity index (χ2v) is 21.3. The van der Waals surface area contributed by atoms with Crippen molar-refractivity contribution in [1.29, 1.82) is 0 Å². The van der Waals surface area contributed by atoms with Gasteiger partial charge in [-0.2, -0.15) is 0 Å². The maximum Gasteiger partial charge on any atom is 0.513 e. The molecule has 0 aromatic rings. The summed E-state index contributed by atoms with van der Waals surface area (Å²) in [6, 6.07) is 1.93. The Bertz CT molecular complexity index is 531. The average Bonchev–Trinajstić information content (AvgIpc) is 2.59. The summed E-state index contributed by atoms with van der Waals surface area (Å²) in [6.07, 6.45) is 4.02. The van der Waals surface area contributed by atoms with Gasteiger partial charge >= 0.3 is 20.9 Å². The lowest BCUT2D eigenvalue weighted by molar-refractivity contribution is 0.0827. The first-order valence-electron chi connectivity index (χ1n) is 10.6. The molecule has 0 aliphatic heterocycles. The van der Waals surface area contributed by atoms with Gasteiger partial charge in [0.05, 0.1) is 25.7 Å². The fourth-order valence-corrected chi connectivity index (χ4v) is 17.5. The summed E-state index contributed by atoms with van der Waals surface area (Å²) in [5.74, 6) is 0. The molecule has 0 heterocycles. The SMILES string of the molecule is C.C=COC(=O)OCCCC[Si](C)(C)O[Si](C)(C)O[Si](C)(C)CCCCOC(=O)OC=C. The monoisotopic (exact) mass is 508 g/mol. The van der Waals surface area contributed by atoms with E-state index in [0.29, 0.717) is 13.2 Å². The van der Waals surface area contributed by atoms with Crippen molar-refractivity contribution in [3.63, 3.8) is 0 Å². The van der Waals surface area contributed by atoms with E-state index in [1.807, 2.05) is 0 Å². The molecule has 32 heavy (non-hydrogen) atoms. The molecule has 0 rings (SSSR count). The first kappa shape index (κ1) is 32.8. The van der Waals surface area contributed by atoms with Crippen LogP contribution >= 0.6 is 0 Å². The summed E-state index contributed by atoms with van der Waals surface area (Å²) in [7, 11) is -6.09. The molecule has 0 atom stereocenters. The van der Waals surface area contributed by atoms with E-state index < -0.39 is 37.5 Å². The van der Waals surface area contributed by atoms with Crippen molar-refractivity contribution in [2.75, 3.05) is 13.2 Å². The minimum Gasteiger partial charge on any atom is -0.437 e. The summed E-state index contributed by atoms with van der Waals surface area (Å²) >= 11 is 0. The molecule has 0 aromatic heterocycles. The molecule has 0 aromatic carbocycles. The largest absolute Gasteiger partial charge is 0.513 e. The number of hydrogen-bond acceptors (Lipinski definition) is 8. The predicted octanol–water partition coefficient (Wildman–Crippen LogP) is 6.92. The smallest absolute Gasteiger partial charge is 0.437 e. The number of carbonyl (C=O) groups is 2. The molecule has 0 fully saturated rings. The molecule has 0 radical (unpaired) electrons. The van der Waals surface area contributed by atoms with Gasteiger partial charge in [0.2, 0.25) is 0 Å². The Morgan fingerprint density at radius 1 is 0.688 bits per heavy atom. The van der Waals surface area contributed by atoms with Crippen LogP contribution in [0.25, 0.3) is 0 Å². The zero-order valence-corrected chi connectivity index (χ0v) is 23.0. The lowest BCUT2D eigenvalue weighted by atomic mass is 10.4. The molecule has 0 saturated carbocycles. The number of hydrogen-bond donors (Lipinski definition) is 0. The van der Waals surface area contributed by atoms with E-state index in [1.54, 1.807) is 0 Å². The van der Waals surface area contributed by atoms with E-state index in [0.717, 1.165) is 50.3 Å². The Morgan fingerprint density at radius 3 is 1.34 bits per heavy atom. The van der Waals surface area contributed by atoms with E-state index in [9.17, 15) is 9.59 Å². The maximum atomic E-state index is 11.1. The summed E-state index contributed by atoms with van der Waals surface area (Å²) < 4.78 is 32.0. The molecule has 8 nitrogen and oxygen atoms in total. The third-order valence-electron chi connectivity index (χ3n) is 4.19. The molecule has 0 unspecified atom stereocenters. The highest BCUT2D eigenvalue weighted by Crippen LogP contribution is 2.26. The van der Waals surface area contributed by atoms with Crippen LogP contribution < -0.4 is 0 Å². The van der Waals surface area contributed by atoms with Crippen LogP contribution in [-0.4, -0.2) is 50.7 Å². The van der Waals surface area contributed by atoms with Gasteiger partial charge in [0.1, 0.15) is 0 Å². The van der Waals surface area contributed by atoms with Gasteiger partial charge in [-0.25, -0.2) is 9.59 Å². The first-order valence-corrected chi connectivity index (χ1v) is 19.7. The van der Waals surface area contributed by atoms with E-state index in [-0.39, 0.29) is 7.43 Å². The standard InChI is InChI=1S/C20H40O8Si3.CH4/c1-9-23-19(21)25-15-11-13-17-29(3,4)27-31(7,8)28-30(5,6)18-14-12-16-26-20(22)24-10-2;/h9-10H,1-2,11-18H2,3-8H3;1H4. The zero-order valence-electron chi connectivity index (χ0n) is 20.0. The molecule has 0 bridgehead atoms. The lowest BCUT2D eigenvalue weighted by Crippen LogP contribution is -2.52. The lowest BCUT2D eigenvalue weighted by Gasteiger charge is -2.38. The summed E-state index contributed by atoms with van der Waals surface area (Å²) in [6.45, 7) is 20.3. The minimum absolute atomic E-state index is 0. The minimum atomic E-state index is -2.28. The highest BCUT2D eigenvalue weighted by molar-refractivity contribution is 6.87. The highest BCUT2D eigenvalue weighted by atomic mass is 28.5. The topological polar surface area (TPSA) is 89.5 Å². The Hall–Kier alpha value is -1.41. The van der Waals surface area contributed by atoms with Crippen LogP contribution in [0.1, 0.15) is 33.1 Å². The number of unbranched alkanes of at least 4 members (excludes halogenated alkanes) is 2. The predicted molar refractivity (Wildman–Crippen MR) is 135 cm³/mol. The van der Waals surface area contributed by atoms with Gasteiger partial charge in [-0.3, -0.25) is 0 Å². The van der Waals surface area contributed by atoms with Crippen LogP contribution in [0, 0.1) is 0 Å². The second kappa shape index (κ2) is 16.2. The molecule has 11 heteroatoms. The van der Waals surface area contributed by atoms with Crippen molar-refractivity contribution in [3.8, 4) is 0 Å². The van der Waals surface area contributed by atoms with Crippen molar-refractivity contribution in [2.45, 2.75) is 84.5 Å². The van der Waals surface area contributed by atoms with Crippen molar-refractivity contribution in [2.24, 2.45) is 0 Å². The quantitative estimate of drug-likeness (QED) is 0.0960. The fraction of sp³-hybridized carbons (Fsp3) is 0.714. The molecular formula is C21H44O8Si3. The van der Waals surface area contributed by atoms with E-state index in [4.69, 9.17) is 17.7 Å². The van der Waals surface area contributed by atoms with Crippen molar-refractivity contribution in [1.82, 2.24) is 0 Å². The summed E-state index contributed by atoms with van der Waals surface area (Å²) in [5.41, 5.74) is 0. The second-order valence-electron chi connectivity index (χ2n) is 8.80. The molecule has 0 saturated heterocycles. The maximum absolute atomic E-state index is 11.1. The molecular weight excluding hydrogens is 464 g/mol. The van der Waals surface area contributed by atoms with E-state index in [2.05, 4.69) is 61.9 Å². The van der Waals surface area contributed by atoms with Crippen molar-refractivity contribution >= 4 is 37.5 Å². The summed E-state index contributed by atoms with van der Waals surface area (Å²) in [4.78, 5) is 22.2. The Morgan fingerprint density at radius 2 is 1.03 bits per heavy atom. The first-order chi connectivity index (χ1) is 14.3. The normalized spacial score (nSPS) is 11.7. The van der Waals surface area contributed by atoms with E-state index in [1.165, 1.54) is 0 Å². The molecule has 0 amide bonds. The zero-order chi connectivity index (χ0) is 24.0. The highest BCUT2D eigenvalue weighted by Gasteiger charge is 2.39. The fourth-order valence-electron chi connectivity index (χ4n) is 3.27. The van der Waals surface area contributed by atoms with Crippen molar-refractivity contribution < 1.29 is 36.8 Å². The van der Waals surface area contributed by atoms with Gasteiger partial charge in [-0.1, -0.05) is 33.4 Å². The Balaban J connectivity index is 0. The van der Waals surface area contributed by atoms with Gasteiger partial charge in [0, 0.05) is 0 Å². The van der Waals surface area contributed by atoms with Crippen LogP contribution in [0.5, 0.6) is 0 Å². The van der Waals surface area contributed by atoms with Crippen LogP contribution in [0.4, 0.5) is 9.59 Å². The third kappa shape index (κ3) is 18.2. The third-order valence-corrected chi connectivity index (χ3v) is 15.7. The molecule has 0 aliphatic carbocycles. The molecule has 188 valence electrons. The van der Waals surface area contributed by atoms with Crippen molar-refractivity contribution in [3.05, 3.63) is 25.7 Å². The molecule has 0 aliphatic rings. The Kier molecular flexibility index (Phi) is 16.6. The Labute approximate surface area is 197 Å². The average molecular weight is 509 g/mol. The van der Waals surface area contributed by atoms with Gasteiger partial charge in [-0.15, -0.1) is 0 Å².